The first-order valence-electron chi connectivity index (χ1n) is 6.18. The lowest BCUT2D eigenvalue weighted by molar-refractivity contribution is 0.114. The van der Waals surface area contributed by atoms with E-state index < -0.39 is 10.0 Å². The SMILES string of the molecule is N#Cc1ccccc1CS(=O)(=O)NCC1CCCO1. The number of hydrogen-bond donors (Lipinski definition) is 1. The lowest BCUT2D eigenvalue weighted by Gasteiger charge is -2.11. The Morgan fingerprint density at radius 2 is 2.21 bits per heavy atom. The van der Waals surface area contributed by atoms with E-state index in [0.717, 1.165) is 12.8 Å². The van der Waals surface area contributed by atoms with Crippen molar-refractivity contribution in [2.24, 2.45) is 0 Å². The van der Waals surface area contributed by atoms with E-state index in [4.69, 9.17) is 10.00 Å². The number of sulfonamides is 1. The van der Waals surface area contributed by atoms with E-state index in [9.17, 15) is 8.42 Å². The molecule has 1 atom stereocenters. The Balaban J connectivity index is 1.98. The minimum atomic E-state index is -3.44. The molecule has 1 aromatic rings. The standard InChI is InChI=1S/C13H16N2O3S/c14-8-11-4-1-2-5-12(11)10-19(16,17)15-9-13-6-3-7-18-13/h1-2,4-5,13,15H,3,6-7,9-10H2. The second-order valence-corrected chi connectivity index (χ2v) is 6.32. The molecule has 0 aromatic heterocycles. The number of nitrogens with zero attached hydrogens (tertiary/aromatic N) is 1. The summed E-state index contributed by atoms with van der Waals surface area (Å²) in [6.07, 6.45) is 1.84. The molecule has 0 spiro atoms. The van der Waals surface area contributed by atoms with Gasteiger partial charge in [-0.25, -0.2) is 13.1 Å². The quantitative estimate of drug-likeness (QED) is 0.877. The Hall–Kier alpha value is -1.42. The fraction of sp³-hybridized carbons (Fsp3) is 0.462. The maximum Gasteiger partial charge on any atom is 0.215 e. The first-order valence-corrected chi connectivity index (χ1v) is 7.83. The molecule has 102 valence electrons. The van der Waals surface area contributed by atoms with Crippen molar-refractivity contribution in [2.75, 3.05) is 13.2 Å². The molecule has 6 heteroatoms. The molecular weight excluding hydrogens is 264 g/mol. The van der Waals surface area contributed by atoms with E-state index in [1.54, 1.807) is 24.3 Å². The van der Waals surface area contributed by atoms with E-state index in [-0.39, 0.29) is 11.9 Å². The molecule has 1 aliphatic rings. The van der Waals surface area contributed by atoms with Gasteiger partial charge < -0.3 is 4.74 Å². The zero-order valence-electron chi connectivity index (χ0n) is 10.5. The van der Waals surface area contributed by atoms with Gasteiger partial charge in [0.1, 0.15) is 0 Å². The van der Waals surface area contributed by atoms with E-state index >= 15 is 0 Å². The van der Waals surface area contributed by atoms with Crippen LogP contribution in [0.2, 0.25) is 0 Å². The van der Waals surface area contributed by atoms with Crippen LogP contribution >= 0.6 is 0 Å². The third-order valence-electron chi connectivity index (χ3n) is 3.04. The zero-order chi connectivity index (χ0) is 13.7. The van der Waals surface area contributed by atoms with Crippen LogP contribution in [0.25, 0.3) is 0 Å². The summed E-state index contributed by atoms with van der Waals surface area (Å²) in [6.45, 7) is 1.00. The van der Waals surface area contributed by atoms with E-state index in [2.05, 4.69) is 4.72 Å². The summed E-state index contributed by atoms with van der Waals surface area (Å²) in [7, 11) is -3.44. The lowest BCUT2D eigenvalue weighted by atomic mass is 10.1. The van der Waals surface area contributed by atoms with Crippen LogP contribution in [0.15, 0.2) is 24.3 Å². The number of rotatable bonds is 5. The Kier molecular flexibility index (Phi) is 4.53. The molecule has 0 saturated carbocycles. The number of hydrogen-bond acceptors (Lipinski definition) is 4. The highest BCUT2D eigenvalue weighted by Gasteiger charge is 2.19. The van der Waals surface area contributed by atoms with E-state index in [1.807, 2.05) is 6.07 Å². The first kappa shape index (κ1) is 14.0. The van der Waals surface area contributed by atoms with Gasteiger partial charge >= 0.3 is 0 Å². The minimum absolute atomic E-state index is 0.0269. The van der Waals surface area contributed by atoms with Gasteiger partial charge in [0, 0.05) is 13.2 Å². The van der Waals surface area contributed by atoms with Crippen LogP contribution in [0.5, 0.6) is 0 Å². The summed E-state index contributed by atoms with van der Waals surface area (Å²) >= 11 is 0. The molecule has 1 fully saturated rings. The summed E-state index contributed by atoms with van der Waals surface area (Å²) in [5.41, 5.74) is 0.912. The number of benzene rings is 1. The Morgan fingerprint density at radius 3 is 2.89 bits per heavy atom. The van der Waals surface area contributed by atoms with E-state index in [0.29, 0.717) is 24.3 Å². The molecule has 19 heavy (non-hydrogen) atoms. The average Bonchev–Trinajstić information content (AvgIpc) is 2.90. The van der Waals surface area contributed by atoms with Crippen molar-refractivity contribution in [1.29, 1.82) is 5.26 Å². The highest BCUT2D eigenvalue weighted by Crippen LogP contribution is 2.13. The second-order valence-electron chi connectivity index (χ2n) is 4.51. The fourth-order valence-electron chi connectivity index (χ4n) is 2.04. The molecule has 2 rings (SSSR count). The van der Waals surface area contributed by atoms with Crippen molar-refractivity contribution < 1.29 is 13.2 Å². The van der Waals surface area contributed by atoms with Crippen LogP contribution in [0.3, 0.4) is 0 Å². The summed E-state index contributed by atoms with van der Waals surface area (Å²) in [5.74, 6) is -0.177. The number of nitriles is 1. The molecule has 0 amide bonds. The van der Waals surface area contributed by atoms with Crippen molar-refractivity contribution in [1.82, 2.24) is 4.72 Å². The Bertz CT molecular complexity index is 572. The van der Waals surface area contributed by atoms with Crippen molar-refractivity contribution in [3.05, 3.63) is 35.4 Å². The smallest absolute Gasteiger partial charge is 0.215 e. The second kappa shape index (κ2) is 6.15. The number of nitrogens with one attached hydrogen (secondary N) is 1. The average molecular weight is 280 g/mol. The molecule has 1 unspecified atom stereocenters. The Morgan fingerprint density at radius 1 is 1.42 bits per heavy atom. The van der Waals surface area contributed by atoms with Crippen molar-refractivity contribution in [3.63, 3.8) is 0 Å². The highest BCUT2D eigenvalue weighted by atomic mass is 32.2. The number of ether oxygens (including phenoxy) is 1. The molecule has 1 aromatic carbocycles. The van der Waals surface area contributed by atoms with Crippen LogP contribution in [0, 0.1) is 11.3 Å². The predicted molar refractivity (Wildman–Crippen MR) is 70.8 cm³/mol. The zero-order valence-corrected chi connectivity index (χ0v) is 11.3. The minimum Gasteiger partial charge on any atom is -0.377 e. The van der Waals surface area contributed by atoms with Crippen LogP contribution in [0.4, 0.5) is 0 Å². The van der Waals surface area contributed by atoms with Gasteiger partial charge in [-0.2, -0.15) is 5.26 Å². The van der Waals surface area contributed by atoms with Crippen LogP contribution in [0.1, 0.15) is 24.0 Å². The molecule has 0 aliphatic carbocycles. The van der Waals surface area contributed by atoms with Crippen molar-refractivity contribution in [3.8, 4) is 6.07 Å². The summed E-state index contributed by atoms with van der Waals surface area (Å²) in [4.78, 5) is 0. The van der Waals surface area contributed by atoms with Gasteiger partial charge in [-0.15, -0.1) is 0 Å². The van der Waals surface area contributed by atoms with Gasteiger partial charge in [-0.1, -0.05) is 18.2 Å². The predicted octanol–water partition coefficient (Wildman–Crippen LogP) is 1.16. The van der Waals surface area contributed by atoms with E-state index in [1.165, 1.54) is 0 Å². The van der Waals surface area contributed by atoms with Crippen LogP contribution in [-0.2, 0) is 20.5 Å². The van der Waals surface area contributed by atoms with Gasteiger partial charge in [-0.3, -0.25) is 0 Å². The molecule has 0 bridgehead atoms. The fourth-order valence-corrected chi connectivity index (χ4v) is 3.24. The third kappa shape index (κ3) is 4.03. The van der Waals surface area contributed by atoms with Gasteiger partial charge in [0.15, 0.2) is 0 Å². The molecule has 1 heterocycles. The summed E-state index contributed by atoms with van der Waals surface area (Å²) in [6, 6.07) is 8.72. The first-order chi connectivity index (χ1) is 9.11. The molecule has 1 saturated heterocycles. The third-order valence-corrected chi connectivity index (χ3v) is 4.34. The maximum atomic E-state index is 11.9. The largest absolute Gasteiger partial charge is 0.377 e. The van der Waals surface area contributed by atoms with Gasteiger partial charge in [0.25, 0.3) is 0 Å². The highest BCUT2D eigenvalue weighted by molar-refractivity contribution is 7.88. The molecule has 1 aliphatic heterocycles. The van der Waals surface area contributed by atoms with Gasteiger partial charge in [0.2, 0.25) is 10.0 Å². The van der Waals surface area contributed by atoms with Gasteiger partial charge in [-0.05, 0) is 24.5 Å². The summed E-state index contributed by atoms with van der Waals surface area (Å²) in [5, 5.41) is 8.93. The molecule has 5 nitrogen and oxygen atoms in total. The lowest BCUT2D eigenvalue weighted by Crippen LogP contribution is -2.32. The van der Waals surface area contributed by atoms with Crippen molar-refractivity contribution >= 4 is 10.0 Å². The van der Waals surface area contributed by atoms with Crippen molar-refractivity contribution in [2.45, 2.75) is 24.7 Å². The molecule has 0 radical (unpaired) electrons. The molecular formula is C13H16N2O3S. The Labute approximate surface area is 113 Å². The maximum absolute atomic E-state index is 11.9. The monoisotopic (exact) mass is 280 g/mol. The summed E-state index contributed by atoms with van der Waals surface area (Å²) < 4.78 is 31.8. The topological polar surface area (TPSA) is 79.2 Å². The molecule has 1 N–H and O–H groups in total. The normalized spacial score (nSPS) is 19.2. The van der Waals surface area contributed by atoms with Gasteiger partial charge in [0.05, 0.1) is 23.5 Å². The van der Waals surface area contributed by atoms with Crippen LogP contribution in [-0.4, -0.2) is 27.7 Å². The van der Waals surface area contributed by atoms with Crippen LogP contribution < -0.4 is 4.72 Å².